The molecule has 0 fully saturated rings. The Morgan fingerprint density at radius 1 is 1.17 bits per heavy atom. The van der Waals surface area contributed by atoms with Crippen LogP contribution in [-0.2, 0) is 9.53 Å². The van der Waals surface area contributed by atoms with E-state index in [1.165, 1.54) is 32.8 Å². The number of rotatable bonds is 10. The number of carbonyl (C=O) groups is 1. The normalized spacial score (nSPS) is 14.4. The van der Waals surface area contributed by atoms with Gasteiger partial charge in [-0.3, -0.25) is 9.79 Å². The molecule has 140 valence electrons. The number of ether oxygens (including phenoxy) is 1. The van der Waals surface area contributed by atoms with Crippen LogP contribution in [-0.4, -0.2) is 39.2 Å². The Morgan fingerprint density at radius 3 is 2.58 bits per heavy atom. The number of hydrogen-bond acceptors (Lipinski definition) is 3. The fourth-order valence-electron chi connectivity index (χ4n) is 2.75. The first-order valence-electron chi connectivity index (χ1n) is 8.95. The van der Waals surface area contributed by atoms with Crippen LogP contribution in [0.25, 0.3) is 0 Å². The summed E-state index contributed by atoms with van der Waals surface area (Å²) >= 11 is 0. The molecule has 0 unspecified atom stereocenters. The van der Waals surface area contributed by atoms with Crippen molar-refractivity contribution >= 4 is 35.9 Å². The molecule has 0 spiro atoms. The van der Waals surface area contributed by atoms with Gasteiger partial charge in [-0.1, -0.05) is 24.5 Å². The minimum atomic E-state index is -0.110. The van der Waals surface area contributed by atoms with Gasteiger partial charge < -0.3 is 15.4 Å². The molecule has 0 aromatic rings. The number of guanidine groups is 1. The number of aliphatic imine (C=N–C) groups is 1. The molecule has 5 nitrogen and oxygen atoms in total. The van der Waals surface area contributed by atoms with E-state index in [2.05, 4.69) is 26.4 Å². The third-order valence-corrected chi connectivity index (χ3v) is 4.17. The maximum Gasteiger partial charge on any atom is 0.305 e. The van der Waals surface area contributed by atoms with Crippen LogP contribution in [0.15, 0.2) is 16.6 Å². The van der Waals surface area contributed by atoms with Crippen molar-refractivity contribution in [1.29, 1.82) is 0 Å². The van der Waals surface area contributed by atoms with Gasteiger partial charge in [0, 0.05) is 26.6 Å². The maximum absolute atomic E-state index is 11.0. The number of hydrogen-bond donors (Lipinski definition) is 2. The Hall–Kier alpha value is -0.790. The van der Waals surface area contributed by atoms with Gasteiger partial charge in [-0.2, -0.15) is 0 Å². The first-order valence-corrected chi connectivity index (χ1v) is 8.95. The van der Waals surface area contributed by atoms with Gasteiger partial charge in [0.2, 0.25) is 0 Å². The second-order valence-electron chi connectivity index (χ2n) is 6.02. The fraction of sp³-hybridized carbons (Fsp3) is 0.778. The Balaban J connectivity index is 0.00000529. The van der Waals surface area contributed by atoms with E-state index in [4.69, 9.17) is 0 Å². The van der Waals surface area contributed by atoms with Gasteiger partial charge >= 0.3 is 5.97 Å². The molecule has 1 rings (SSSR count). The van der Waals surface area contributed by atoms with Crippen LogP contribution in [0, 0.1) is 0 Å². The van der Waals surface area contributed by atoms with Crippen molar-refractivity contribution in [2.45, 2.75) is 64.2 Å². The zero-order valence-corrected chi connectivity index (χ0v) is 17.6. The average Bonchev–Trinajstić information content (AvgIpc) is 2.59. The highest BCUT2D eigenvalue weighted by molar-refractivity contribution is 14.0. The monoisotopic (exact) mass is 451 g/mol. The number of allylic oxidation sites excluding steroid dienone is 1. The van der Waals surface area contributed by atoms with Crippen molar-refractivity contribution < 1.29 is 9.53 Å². The molecule has 1 aliphatic rings. The summed E-state index contributed by atoms with van der Waals surface area (Å²) in [6.07, 6.45) is 13.4. The van der Waals surface area contributed by atoms with Crippen molar-refractivity contribution in [3.8, 4) is 0 Å². The molecule has 0 aliphatic heterocycles. The van der Waals surface area contributed by atoms with Gasteiger partial charge in [0.15, 0.2) is 5.96 Å². The molecule has 0 saturated heterocycles. The number of carbonyl (C=O) groups excluding carboxylic acids is 1. The van der Waals surface area contributed by atoms with E-state index < -0.39 is 0 Å². The van der Waals surface area contributed by atoms with Crippen LogP contribution in [0.5, 0.6) is 0 Å². The van der Waals surface area contributed by atoms with Gasteiger partial charge in [-0.15, -0.1) is 24.0 Å². The van der Waals surface area contributed by atoms with Crippen LogP contribution in [0.4, 0.5) is 0 Å². The van der Waals surface area contributed by atoms with Crippen LogP contribution in [0.1, 0.15) is 64.2 Å². The van der Waals surface area contributed by atoms with Crippen molar-refractivity contribution in [2.24, 2.45) is 4.99 Å². The summed E-state index contributed by atoms with van der Waals surface area (Å²) in [6.45, 7) is 1.87. The highest BCUT2D eigenvalue weighted by Crippen LogP contribution is 2.19. The smallest absolute Gasteiger partial charge is 0.305 e. The highest BCUT2D eigenvalue weighted by atomic mass is 127. The lowest BCUT2D eigenvalue weighted by molar-refractivity contribution is -0.140. The van der Waals surface area contributed by atoms with Crippen LogP contribution in [0.2, 0.25) is 0 Å². The van der Waals surface area contributed by atoms with Crippen LogP contribution in [0.3, 0.4) is 0 Å². The molecule has 1 aliphatic carbocycles. The topological polar surface area (TPSA) is 62.7 Å². The molecule has 0 saturated carbocycles. The molecular weight excluding hydrogens is 417 g/mol. The molecule has 0 bridgehead atoms. The molecule has 0 atom stereocenters. The van der Waals surface area contributed by atoms with Gasteiger partial charge in [-0.25, -0.2) is 0 Å². The third-order valence-electron chi connectivity index (χ3n) is 4.17. The van der Waals surface area contributed by atoms with Crippen molar-refractivity contribution in [2.75, 3.05) is 27.2 Å². The summed E-state index contributed by atoms with van der Waals surface area (Å²) in [4.78, 5) is 15.2. The summed E-state index contributed by atoms with van der Waals surface area (Å²) in [5.74, 6) is 0.775. The lowest BCUT2D eigenvalue weighted by Gasteiger charge is -2.15. The molecule has 0 heterocycles. The molecule has 2 N–H and O–H groups in total. The van der Waals surface area contributed by atoms with E-state index >= 15 is 0 Å². The molecule has 24 heavy (non-hydrogen) atoms. The second-order valence-corrected chi connectivity index (χ2v) is 6.02. The molecule has 6 heteroatoms. The largest absolute Gasteiger partial charge is 0.469 e. The van der Waals surface area contributed by atoms with E-state index in [1.807, 2.05) is 7.05 Å². The number of unbranched alkanes of at least 4 members (excludes halogenated alkanes) is 3. The number of nitrogens with one attached hydrogen (secondary N) is 2. The van der Waals surface area contributed by atoms with Gasteiger partial charge in [0.1, 0.15) is 0 Å². The summed E-state index contributed by atoms with van der Waals surface area (Å²) in [7, 11) is 3.25. The first kappa shape index (κ1) is 23.2. The molecule has 0 amide bonds. The fourth-order valence-corrected chi connectivity index (χ4v) is 2.75. The first-order chi connectivity index (χ1) is 11.3. The van der Waals surface area contributed by atoms with Gasteiger partial charge in [-0.05, 0) is 44.9 Å². The zero-order chi connectivity index (χ0) is 16.8. The standard InChI is InChI=1S/C18H33N3O2.HI/c1-19-18(21-15-13-16-10-6-5-7-11-16)20-14-9-4-3-8-12-17(22)23-2;/h10H,3-9,11-15H2,1-2H3,(H2,19,20,21);1H. The highest BCUT2D eigenvalue weighted by Gasteiger charge is 2.04. The predicted octanol–water partition coefficient (Wildman–Crippen LogP) is 3.78. The van der Waals surface area contributed by atoms with Crippen molar-refractivity contribution in [1.82, 2.24) is 10.6 Å². The van der Waals surface area contributed by atoms with E-state index in [0.717, 1.165) is 51.2 Å². The second kappa shape index (κ2) is 15.7. The minimum Gasteiger partial charge on any atom is -0.469 e. The molecule has 0 aromatic heterocycles. The zero-order valence-electron chi connectivity index (χ0n) is 15.2. The Kier molecular flexibility index (Phi) is 15.2. The van der Waals surface area contributed by atoms with Gasteiger partial charge in [0.25, 0.3) is 0 Å². The summed E-state index contributed by atoms with van der Waals surface area (Å²) in [5, 5.41) is 6.72. The van der Waals surface area contributed by atoms with Crippen molar-refractivity contribution in [3.63, 3.8) is 0 Å². The Bertz CT molecular complexity index is 398. The predicted molar refractivity (Wildman–Crippen MR) is 111 cm³/mol. The van der Waals surface area contributed by atoms with E-state index in [0.29, 0.717) is 6.42 Å². The summed E-state index contributed by atoms with van der Waals surface area (Å²) in [6, 6.07) is 0. The number of esters is 1. The average molecular weight is 451 g/mol. The lowest BCUT2D eigenvalue weighted by atomic mass is 9.97. The summed E-state index contributed by atoms with van der Waals surface area (Å²) in [5.41, 5.74) is 1.59. The van der Waals surface area contributed by atoms with E-state index in [1.54, 1.807) is 5.57 Å². The van der Waals surface area contributed by atoms with E-state index in [9.17, 15) is 4.79 Å². The van der Waals surface area contributed by atoms with Crippen LogP contribution >= 0.6 is 24.0 Å². The Morgan fingerprint density at radius 2 is 1.92 bits per heavy atom. The third kappa shape index (κ3) is 11.7. The van der Waals surface area contributed by atoms with Crippen LogP contribution < -0.4 is 10.6 Å². The molecule has 0 radical (unpaired) electrons. The Labute approximate surface area is 164 Å². The molecule has 0 aromatic carbocycles. The summed E-state index contributed by atoms with van der Waals surface area (Å²) < 4.78 is 4.63. The molecular formula is C18H34IN3O2. The van der Waals surface area contributed by atoms with Gasteiger partial charge in [0.05, 0.1) is 7.11 Å². The van der Waals surface area contributed by atoms with E-state index in [-0.39, 0.29) is 29.9 Å². The number of halogens is 1. The number of methoxy groups -OCH3 is 1. The lowest BCUT2D eigenvalue weighted by Crippen LogP contribution is -2.38. The maximum atomic E-state index is 11.0. The van der Waals surface area contributed by atoms with Crippen molar-refractivity contribution in [3.05, 3.63) is 11.6 Å². The number of nitrogens with zero attached hydrogens (tertiary/aromatic N) is 1. The SMILES string of the molecule is CN=C(NCCCCCCC(=O)OC)NCCC1=CCCCC1.I. The quantitative estimate of drug-likeness (QED) is 0.133. The minimum absolute atomic E-state index is 0.